The van der Waals surface area contributed by atoms with Crippen molar-refractivity contribution in [3.63, 3.8) is 0 Å². The summed E-state index contributed by atoms with van der Waals surface area (Å²) in [5.41, 5.74) is 0. The zero-order valence-electron chi connectivity index (χ0n) is 12.7. The zero-order valence-corrected chi connectivity index (χ0v) is 13.5. The first-order valence-electron chi connectivity index (χ1n) is 7.20. The van der Waals surface area contributed by atoms with Gasteiger partial charge in [-0.1, -0.05) is 18.2 Å². The average Bonchev–Trinajstić information content (AvgIpc) is 2.78. The molecule has 11 heteroatoms. The summed E-state index contributed by atoms with van der Waals surface area (Å²) >= 11 is 0. The van der Waals surface area contributed by atoms with Crippen molar-refractivity contribution in [1.29, 1.82) is 0 Å². The summed E-state index contributed by atoms with van der Waals surface area (Å²) in [5.74, 6) is -1.57. The molecule has 1 aromatic carbocycles. The third-order valence-electron chi connectivity index (χ3n) is 3.80. The van der Waals surface area contributed by atoms with Crippen molar-refractivity contribution in [2.24, 2.45) is 0 Å². The molecule has 2 unspecified atom stereocenters. The number of hydrogen-bond donors (Lipinski definition) is 2. The molecule has 0 aromatic heterocycles. The van der Waals surface area contributed by atoms with E-state index in [1.165, 1.54) is 0 Å². The molecule has 0 bridgehead atoms. The van der Waals surface area contributed by atoms with Crippen LogP contribution < -0.4 is 10.1 Å². The maximum atomic E-state index is 12.1. The number of fused-ring (bicyclic) bond motifs is 1. The number of amides is 2. The molecule has 3 atom stereocenters. The molecule has 134 valence electrons. The van der Waals surface area contributed by atoms with Crippen LogP contribution in [0.4, 0.5) is 4.79 Å². The van der Waals surface area contributed by atoms with Crippen molar-refractivity contribution in [1.82, 2.24) is 10.2 Å². The number of hydrogen-bond acceptors (Lipinski definition) is 7. The van der Waals surface area contributed by atoms with Gasteiger partial charge in [-0.25, -0.2) is 13.2 Å². The summed E-state index contributed by atoms with van der Waals surface area (Å²) in [5, 5.41) is 9.58. The van der Waals surface area contributed by atoms with E-state index in [-0.39, 0.29) is 0 Å². The highest BCUT2D eigenvalue weighted by atomic mass is 32.2. The van der Waals surface area contributed by atoms with Gasteiger partial charge in [0.2, 0.25) is 0 Å². The summed E-state index contributed by atoms with van der Waals surface area (Å²) in [6.07, 6.45) is -3.08. The smallest absolute Gasteiger partial charge is 0.484 e. The van der Waals surface area contributed by atoms with E-state index in [4.69, 9.17) is 9.84 Å². The Bertz CT molecular complexity index is 809. The number of benzene rings is 1. The molecule has 25 heavy (non-hydrogen) atoms. The Kier molecular flexibility index (Phi) is 4.25. The van der Waals surface area contributed by atoms with E-state index in [2.05, 4.69) is 10.1 Å². The Hall–Kier alpha value is -2.82. The van der Waals surface area contributed by atoms with Crippen LogP contribution in [-0.4, -0.2) is 66.4 Å². The molecule has 2 N–H and O–H groups in total. The molecule has 2 fully saturated rings. The van der Waals surface area contributed by atoms with Crippen molar-refractivity contribution in [2.45, 2.75) is 17.6 Å². The zero-order chi connectivity index (χ0) is 18.2. The number of rotatable bonds is 5. The van der Waals surface area contributed by atoms with Crippen molar-refractivity contribution in [3.05, 3.63) is 30.3 Å². The molecule has 10 nitrogen and oxygen atoms in total. The fourth-order valence-corrected chi connectivity index (χ4v) is 4.78. The van der Waals surface area contributed by atoms with E-state index in [9.17, 15) is 22.8 Å². The van der Waals surface area contributed by atoms with E-state index in [0.29, 0.717) is 5.75 Å². The third kappa shape index (κ3) is 3.22. The summed E-state index contributed by atoms with van der Waals surface area (Å²) in [6.45, 7) is -0.393. The first-order valence-corrected chi connectivity index (χ1v) is 8.91. The van der Waals surface area contributed by atoms with Crippen LogP contribution in [0.25, 0.3) is 0 Å². The minimum Gasteiger partial charge on any atom is -0.484 e. The number of nitrogens with one attached hydrogen (secondary N) is 1. The summed E-state index contributed by atoms with van der Waals surface area (Å²) in [6, 6.07) is 7.20. The number of β-lactam (4-membered cyclic amide) rings is 1. The maximum absolute atomic E-state index is 12.1. The molecule has 2 amide bonds. The van der Waals surface area contributed by atoms with E-state index in [1.54, 1.807) is 30.3 Å². The number of ether oxygens (including phenoxy) is 2. The van der Waals surface area contributed by atoms with Crippen LogP contribution in [0.2, 0.25) is 0 Å². The minimum atomic E-state index is -3.82. The number of carbonyl (C=O) groups is 3. The van der Waals surface area contributed by atoms with Gasteiger partial charge in [-0.2, -0.15) is 0 Å². The molecule has 0 radical (unpaired) electrons. The lowest BCUT2D eigenvalue weighted by Crippen LogP contribution is -2.71. The van der Waals surface area contributed by atoms with Crippen LogP contribution in [0.1, 0.15) is 0 Å². The molecular formula is C14H14N2O8S. The van der Waals surface area contributed by atoms with Crippen LogP contribution in [0.3, 0.4) is 0 Å². The standard InChI is InChI=1S/C14H14N2O8S/c17-9(6-23-8-4-2-1-3-5-8)15-11-12(18)16-10(24-14(19)20)7-25(21,22)13(11)16/h1-5,10-11,13H,6-7H2,(H,15,17)(H,19,20)/t10?,11?,13-/m0/s1. The summed E-state index contributed by atoms with van der Waals surface area (Å²) in [4.78, 5) is 35.4. The molecular weight excluding hydrogens is 356 g/mol. The van der Waals surface area contributed by atoms with Crippen molar-refractivity contribution in [3.8, 4) is 5.75 Å². The van der Waals surface area contributed by atoms with Gasteiger partial charge in [0.1, 0.15) is 17.5 Å². The number of nitrogens with zero attached hydrogens (tertiary/aromatic N) is 1. The highest BCUT2D eigenvalue weighted by Gasteiger charge is 2.64. The predicted octanol–water partition coefficient (Wildman–Crippen LogP) is -0.832. The topological polar surface area (TPSA) is 139 Å². The number of carbonyl (C=O) groups excluding carboxylic acids is 2. The van der Waals surface area contributed by atoms with Crippen LogP contribution in [0.15, 0.2) is 30.3 Å². The highest BCUT2D eigenvalue weighted by Crippen LogP contribution is 2.35. The Labute approximate surface area is 142 Å². The molecule has 0 aliphatic carbocycles. The Morgan fingerprint density at radius 3 is 2.60 bits per heavy atom. The van der Waals surface area contributed by atoms with E-state index in [1.807, 2.05) is 0 Å². The number of sulfone groups is 1. The second kappa shape index (κ2) is 6.24. The van der Waals surface area contributed by atoms with Gasteiger partial charge in [0.15, 0.2) is 28.0 Å². The van der Waals surface area contributed by atoms with Crippen molar-refractivity contribution < 1.29 is 37.4 Å². The van der Waals surface area contributed by atoms with Crippen LogP contribution in [0.5, 0.6) is 5.75 Å². The summed E-state index contributed by atoms with van der Waals surface area (Å²) < 4.78 is 33.8. The Balaban J connectivity index is 1.61. The lowest BCUT2D eigenvalue weighted by atomic mass is 10.1. The van der Waals surface area contributed by atoms with Crippen LogP contribution >= 0.6 is 0 Å². The monoisotopic (exact) mass is 370 g/mol. The summed E-state index contributed by atoms with van der Waals surface area (Å²) in [7, 11) is -3.82. The maximum Gasteiger partial charge on any atom is 0.507 e. The first-order chi connectivity index (χ1) is 11.8. The van der Waals surface area contributed by atoms with Crippen LogP contribution in [0, 0.1) is 0 Å². The lowest BCUT2D eigenvalue weighted by molar-refractivity contribution is -0.160. The van der Waals surface area contributed by atoms with Gasteiger partial charge in [0.05, 0.1) is 0 Å². The molecule has 2 aliphatic heterocycles. The molecule has 0 spiro atoms. The van der Waals surface area contributed by atoms with E-state index >= 15 is 0 Å². The van der Waals surface area contributed by atoms with Gasteiger partial charge < -0.3 is 19.9 Å². The number of para-hydroxylation sites is 1. The minimum absolute atomic E-state index is 0.393. The second-order valence-electron chi connectivity index (χ2n) is 5.45. The third-order valence-corrected chi connectivity index (χ3v) is 5.78. The first kappa shape index (κ1) is 17.0. The van der Waals surface area contributed by atoms with Crippen molar-refractivity contribution in [2.75, 3.05) is 12.4 Å². The van der Waals surface area contributed by atoms with Crippen molar-refractivity contribution >= 4 is 27.8 Å². The largest absolute Gasteiger partial charge is 0.507 e. The Morgan fingerprint density at radius 1 is 1.28 bits per heavy atom. The fraction of sp³-hybridized carbons (Fsp3) is 0.357. The van der Waals surface area contributed by atoms with Gasteiger partial charge in [-0.05, 0) is 12.1 Å². The van der Waals surface area contributed by atoms with E-state index in [0.717, 1.165) is 4.90 Å². The second-order valence-corrected chi connectivity index (χ2v) is 7.59. The quantitative estimate of drug-likeness (QED) is 0.506. The van der Waals surface area contributed by atoms with Gasteiger partial charge >= 0.3 is 6.16 Å². The molecule has 3 rings (SSSR count). The molecule has 2 heterocycles. The average molecular weight is 370 g/mol. The van der Waals surface area contributed by atoms with Crippen LogP contribution in [-0.2, 0) is 24.2 Å². The molecule has 2 saturated heterocycles. The van der Waals surface area contributed by atoms with Gasteiger partial charge in [-0.3, -0.25) is 14.5 Å². The molecule has 2 aliphatic rings. The SMILES string of the molecule is O=C(COc1ccccc1)NC1C(=O)N2C(OC(=O)O)CS(=O)(=O)[C@@H]12. The predicted molar refractivity (Wildman–Crippen MR) is 81.2 cm³/mol. The molecule has 1 aromatic rings. The van der Waals surface area contributed by atoms with Gasteiger partial charge in [-0.15, -0.1) is 0 Å². The fourth-order valence-electron chi connectivity index (χ4n) is 2.77. The van der Waals surface area contributed by atoms with Gasteiger partial charge in [0, 0.05) is 0 Å². The lowest BCUT2D eigenvalue weighted by Gasteiger charge is -2.42. The molecule has 0 saturated carbocycles. The van der Waals surface area contributed by atoms with E-state index < -0.39 is 57.8 Å². The Morgan fingerprint density at radius 2 is 1.96 bits per heavy atom. The normalized spacial score (nSPS) is 26.3. The highest BCUT2D eigenvalue weighted by molar-refractivity contribution is 7.92. The van der Waals surface area contributed by atoms with Gasteiger partial charge in [0.25, 0.3) is 11.8 Å². The number of carboxylic acid groups (broad SMARTS) is 1.